The lowest BCUT2D eigenvalue weighted by atomic mass is 10.0. The van der Waals surface area contributed by atoms with Crippen LogP contribution in [0.4, 0.5) is 13.2 Å². The van der Waals surface area contributed by atoms with Gasteiger partial charge in [-0.3, -0.25) is 4.79 Å². The molecule has 0 aliphatic carbocycles. The number of carbonyl (C=O) groups excluding carboxylic acids is 1. The Morgan fingerprint density at radius 2 is 1.88 bits per heavy atom. The molecule has 1 atom stereocenters. The first-order valence-corrected chi connectivity index (χ1v) is 4.84. The molecule has 1 aromatic rings. The lowest BCUT2D eigenvalue weighted by Crippen LogP contribution is -2.16. The molecule has 0 aliphatic heterocycles. The summed E-state index contributed by atoms with van der Waals surface area (Å²) in [4.78, 5) is 10.9. The Labute approximate surface area is 96.4 Å². The standard InChI is InChI=1S/C11H12F3NO2/c1-17-10(16)6-9(15)7-2-4-8(5-3-7)11(12,13)14/h2-5,9H,6,15H2,1H3/t9-/m0/s1. The molecule has 0 saturated heterocycles. The first-order chi connectivity index (χ1) is 7.84. The quantitative estimate of drug-likeness (QED) is 0.833. The van der Waals surface area contributed by atoms with Gasteiger partial charge in [-0.1, -0.05) is 12.1 Å². The molecule has 0 fully saturated rings. The van der Waals surface area contributed by atoms with Gasteiger partial charge in [0.05, 0.1) is 19.1 Å². The van der Waals surface area contributed by atoms with Gasteiger partial charge in [0.15, 0.2) is 0 Å². The van der Waals surface area contributed by atoms with Crippen molar-refractivity contribution in [3.05, 3.63) is 35.4 Å². The third-order valence-corrected chi connectivity index (χ3v) is 2.28. The first-order valence-electron chi connectivity index (χ1n) is 4.84. The van der Waals surface area contributed by atoms with Crippen LogP contribution >= 0.6 is 0 Å². The number of carbonyl (C=O) groups is 1. The molecule has 0 saturated carbocycles. The third kappa shape index (κ3) is 3.74. The predicted octanol–water partition coefficient (Wildman–Crippen LogP) is 2.27. The SMILES string of the molecule is COC(=O)C[C@H](N)c1ccc(C(F)(F)F)cc1. The molecule has 17 heavy (non-hydrogen) atoms. The van der Waals surface area contributed by atoms with Crippen LogP contribution in [0.25, 0.3) is 0 Å². The molecule has 3 nitrogen and oxygen atoms in total. The molecular formula is C11H12F3NO2. The van der Waals surface area contributed by atoms with Gasteiger partial charge in [-0.25, -0.2) is 0 Å². The van der Waals surface area contributed by atoms with Crippen molar-refractivity contribution in [1.82, 2.24) is 0 Å². The van der Waals surface area contributed by atoms with Crippen LogP contribution in [0.1, 0.15) is 23.6 Å². The summed E-state index contributed by atoms with van der Waals surface area (Å²) >= 11 is 0. The van der Waals surface area contributed by atoms with Gasteiger partial charge in [0.2, 0.25) is 0 Å². The third-order valence-electron chi connectivity index (χ3n) is 2.28. The van der Waals surface area contributed by atoms with Gasteiger partial charge >= 0.3 is 12.1 Å². The highest BCUT2D eigenvalue weighted by Crippen LogP contribution is 2.29. The Hall–Kier alpha value is -1.56. The molecule has 0 bridgehead atoms. The number of methoxy groups -OCH3 is 1. The molecule has 0 unspecified atom stereocenters. The molecule has 0 radical (unpaired) electrons. The van der Waals surface area contributed by atoms with Gasteiger partial charge in [0, 0.05) is 6.04 Å². The smallest absolute Gasteiger partial charge is 0.416 e. The van der Waals surface area contributed by atoms with E-state index in [-0.39, 0.29) is 6.42 Å². The summed E-state index contributed by atoms with van der Waals surface area (Å²) < 4.78 is 41.3. The zero-order valence-electron chi connectivity index (χ0n) is 9.12. The van der Waals surface area contributed by atoms with Crippen molar-refractivity contribution in [2.45, 2.75) is 18.6 Å². The summed E-state index contributed by atoms with van der Waals surface area (Å²) in [6.45, 7) is 0. The van der Waals surface area contributed by atoms with Gasteiger partial charge < -0.3 is 10.5 Å². The fraction of sp³-hybridized carbons (Fsp3) is 0.364. The maximum Gasteiger partial charge on any atom is 0.416 e. The second-order valence-electron chi connectivity index (χ2n) is 3.51. The van der Waals surface area contributed by atoms with Crippen LogP contribution in [0.3, 0.4) is 0 Å². The average molecular weight is 247 g/mol. The van der Waals surface area contributed by atoms with Gasteiger partial charge in [0.1, 0.15) is 0 Å². The molecule has 0 spiro atoms. The van der Waals surface area contributed by atoms with Gasteiger partial charge in [-0.15, -0.1) is 0 Å². The molecule has 0 amide bonds. The highest BCUT2D eigenvalue weighted by molar-refractivity contribution is 5.70. The zero-order valence-corrected chi connectivity index (χ0v) is 9.12. The molecule has 1 aromatic carbocycles. The van der Waals surface area contributed by atoms with E-state index in [1.54, 1.807) is 0 Å². The number of benzene rings is 1. The van der Waals surface area contributed by atoms with Crippen LogP contribution in [0.2, 0.25) is 0 Å². The fourth-order valence-electron chi connectivity index (χ4n) is 1.30. The van der Waals surface area contributed by atoms with Crippen molar-refractivity contribution in [3.8, 4) is 0 Å². The van der Waals surface area contributed by atoms with Crippen LogP contribution in [0.5, 0.6) is 0 Å². The Balaban J connectivity index is 2.77. The Bertz CT molecular complexity index is 387. The monoisotopic (exact) mass is 247 g/mol. The van der Waals surface area contributed by atoms with E-state index >= 15 is 0 Å². The van der Waals surface area contributed by atoms with Crippen LogP contribution < -0.4 is 5.73 Å². The Morgan fingerprint density at radius 1 is 1.35 bits per heavy atom. The lowest BCUT2D eigenvalue weighted by Gasteiger charge is -2.12. The summed E-state index contributed by atoms with van der Waals surface area (Å²) in [5, 5.41) is 0. The largest absolute Gasteiger partial charge is 0.469 e. The number of hydrogen-bond donors (Lipinski definition) is 1. The van der Waals surface area contributed by atoms with E-state index in [9.17, 15) is 18.0 Å². The minimum Gasteiger partial charge on any atom is -0.469 e. The second-order valence-corrected chi connectivity index (χ2v) is 3.51. The molecule has 0 heterocycles. The Morgan fingerprint density at radius 3 is 2.29 bits per heavy atom. The minimum atomic E-state index is -4.37. The molecule has 6 heteroatoms. The normalized spacial score (nSPS) is 13.2. The zero-order chi connectivity index (χ0) is 13.1. The number of halogens is 3. The van der Waals surface area contributed by atoms with Crippen molar-refractivity contribution >= 4 is 5.97 Å². The summed E-state index contributed by atoms with van der Waals surface area (Å²) in [5.41, 5.74) is 5.37. The topological polar surface area (TPSA) is 52.3 Å². The number of esters is 1. The number of hydrogen-bond acceptors (Lipinski definition) is 3. The van der Waals surface area contributed by atoms with Crippen molar-refractivity contribution in [2.75, 3.05) is 7.11 Å². The van der Waals surface area contributed by atoms with E-state index in [4.69, 9.17) is 5.73 Å². The van der Waals surface area contributed by atoms with Crippen molar-refractivity contribution in [3.63, 3.8) is 0 Å². The van der Waals surface area contributed by atoms with Gasteiger partial charge in [-0.2, -0.15) is 13.2 Å². The molecular weight excluding hydrogens is 235 g/mol. The van der Waals surface area contributed by atoms with Crippen LogP contribution in [-0.2, 0) is 15.7 Å². The lowest BCUT2D eigenvalue weighted by molar-refractivity contribution is -0.141. The van der Waals surface area contributed by atoms with E-state index < -0.39 is 23.8 Å². The average Bonchev–Trinajstić information content (AvgIpc) is 2.27. The van der Waals surface area contributed by atoms with Crippen molar-refractivity contribution < 1.29 is 22.7 Å². The van der Waals surface area contributed by atoms with Crippen LogP contribution in [0, 0.1) is 0 Å². The number of rotatable bonds is 3. The maximum absolute atomic E-state index is 12.3. The summed E-state index contributed by atoms with van der Waals surface area (Å²) in [7, 11) is 1.22. The van der Waals surface area contributed by atoms with E-state index in [1.807, 2.05) is 0 Å². The van der Waals surface area contributed by atoms with Crippen LogP contribution in [0.15, 0.2) is 24.3 Å². The number of nitrogens with two attached hydrogens (primary N) is 1. The highest BCUT2D eigenvalue weighted by Gasteiger charge is 2.30. The number of alkyl halides is 3. The van der Waals surface area contributed by atoms with Crippen molar-refractivity contribution in [2.24, 2.45) is 5.73 Å². The van der Waals surface area contributed by atoms with Crippen LogP contribution in [-0.4, -0.2) is 13.1 Å². The summed E-state index contributed by atoms with van der Waals surface area (Å²) in [6, 6.07) is 3.73. The number of ether oxygens (including phenoxy) is 1. The summed E-state index contributed by atoms with van der Waals surface area (Å²) in [5.74, 6) is -0.502. The van der Waals surface area contributed by atoms with Gasteiger partial charge in [0.25, 0.3) is 0 Å². The van der Waals surface area contributed by atoms with E-state index in [0.717, 1.165) is 12.1 Å². The first kappa shape index (κ1) is 13.5. The molecule has 2 N–H and O–H groups in total. The van der Waals surface area contributed by atoms with Gasteiger partial charge in [-0.05, 0) is 17.7 Å². The molecule has 0 aliphatic rings. The molecule has 0 aromatic heterocycles. The van der Waals surface area contributed by atoms with Crippen molar-refractivity contribution in [1.29, 1.82) is 0 Å². The maximum atomic E-state index is 12.3. The fourth-order valence-corrected chi connectivity index (χ4v) is 1.30. The second kappa shape index (κ2) is 5.18. The highest BCUT2D eigenvalue weighted by atomic mass is 19.4. The summed E-state index contributed by atoms with van der Waals surface area (Å²) in [6.07, 6.45) is -4.44. The van der Waals surface area contributed by atoms with E-state index in [2.05, 4.69) is 4.74 Å². The molecule has 1 rings (SSSR count). The Kier molecular flexibility index (Phi) is 4.11. The minimum absolute atomic E-state index is 0.0676. The predicted molar refractivity (Wildman–Crippen MR) is 55.0 cm³/mol. The van der Waals surface area contributed by atoms with E-state index in [1.165, 1.54) is 19.2 Å². The van der Waals surface area contributed by atoms with E-state index in [0.29, 0.717) is 5.56 Å². The molecule has 94 valence electrons.